The van der Waals surface area contributed by atoms with Gasteiger partial charge in [-0.05, 0) is 50.6 Å². The van der Waals surface area contributed by atoms with Gasteiger partial charge < -0.3 is 14.1 Å². The Balaban J connectivity index is 1.09. The molecule has 1 atom stereocenters. The van der Waals surface area contributed by atoms with Crippen LogP contribution >= 0.6 is 0 Å². The smallest absolute Gasteiger partial charge is 0.255 e. The van der Waals surface area contributed by atoms with Gasteiger partial charge in [-0.15, -0.1) is 0 Å². The number of nitrogens with zero attached hydrogens (tertiary/aromatic N) is 2. The zero-order chi connectivity index (χ0) is 25.3. The molecule has 8 nitrogen and oxygen atoms in total. The molecule has 0 aliphatic carbocycles. The summed E-state index contributed by atoms with van der Waals surface area (Å²) in [6.07, 6.45) is 3.91. The van der Waals surface area contributed by atoms with Gasteiger partial charge in [0, 0.05) is 40.6 Å². The van der Waals surface area contributed by atoms with Crippen LogP contribution in [0.5, 0.6) is 5.75 Å². The zero-order valence-electron chi connectivity index (χ0n) is 20.2. The standard InChI is InChI=1S/C28H26FN3O5/c29-21-4-1-16(24-18(21)7-12-36-24)13-31-10-8-28(9-11-31)15-37-25-19-14-32(22-5-6-23(33)30-26(22)34)27(35)17(19)2-3-20(25)28/h1-4,7,12,22H,5-6,8-11,13-15H2,(H,30,33,34). The maximum Gasteiger partial charge on any atom is 0.255 e. The van der Waals surface area contributed by atoms with Gasteiger partial charge in [-0.3, -0.25) is 24.6 Å². The van der Waals surface area contributed by atoms with E-state index in [1.54, 1.807) is 17.0 Å². The quantitative estimate of drug-likeness (QED) is 0.552. The molecule has 3 aromatic rings. The lowest BCUT2D eigenvalue weighted by Gasteiger charge is -2.38. The van der Waals surface area contributed by atoms with E-state index in [4.69, 9.17) is 9.15 Å². The van der Waals surface area contributed by atoms with Crippen LogP contribution < -0.4 is 10.1 Å². The largest absolute Gasteiger partial charge is 0.492 e. The maximum absolute atomic E-state index is 14.1. The van der Waals surface area contributed by atoms with E-state index < -0.39 is 11.9 Å². The number of benzene rings is 2. The van der Waals surface area contributed by atoms with Crippen molar-refractivity contribution in [2.75, 3.05) is 19.7 Å². The molecule has 1 N–H and O–H groups in total. The molecule has 2 saturated heterocycles. The van der Waals surface area contributed by atoms with E-state index in [1.807, 2.05) is 12.1 Å². The highest BCUT2D eigenvalue weighted by atomic mass is 19.1. The summed E-state index contributed by atoms with van der Waals surface area (Å²) in [6.45, 7) is 3.29. The molecule has 190 valence electrons. The van der Waals surface area contributed by atoms with Gasteiger partial charge in [-0.2, -0.15) is 0 Å². The van der Waals surface area contributed by atoms with Crippen LogP contribution in [0.15, 0.2) is 41.0 Å². The van der Waals surface area contributed by atoms with Crippen LogP contribution in [0.1, 0.15) is 52.7 Å². The van der Waals surface area contributed by atoms with Crippen LogP contribution in [0, 0.1) is 5.82 Å². The van der Waals surface area contributed by atoms with Gasteiger partial charge in [-0.1, -0.05) is 12.1 Å². The number of carbonyl (C=O) groups excluding carboxylic acids is 3. The predicted octanol–water partition coefficient (Wildman–Crippen LogP) is 3.26. The Bertz CT molecular complexity index is 1470. The molecule has 4 aliphatic heterocycles. The average Bonchev–Trinajstić information content (AvgIpc) is 3.60. The monoisotopic (exact) mass is 503 g/mol. The van der Waals surface area contributed by atoms with Gasteiger partial charge >= 0.3 is 0 Å². The lowest BCUT2D eigenvalue weighted by atomic mass is 9.74. The van der Waals surface area contributed by atoms with Crippen molar-refractivity contribution in [2.45, 2.75) is 50.2 Å². The number of piperidine rings is 2. The third kappa shape index (κ3) is 3.40. The molecule has 5 heterocycles. The highest BCUT2D eigenvalue weighted by Crippen LogP contribution is 2.49. The van der Waals surface area contributed by atoms with E-state index >= 15 is 0 Å². The number of carbonyl (C=O) groups is 3. The first-order valence-corrected chi connectivity index (χ1v) is 12.7. The summed E-state index contributed by atoms with van der Waals surface area (Å²) in [7, 11) is 0. The van der Waals surface area contributed by atoms with E-state index in [2.05, 4.69) is 10.2 Å². The third-order valence-corrected chi connectivity index (χ3v) is 8.58. The first-order chi connectivity index (χ1) is 17.9. The van der Waals surface area contributed by atoms with Crippen LogP contribution in [0.2, 0.25) is 0 Å². The summed E-state index contributed by atoms with van der Waals surface area (Å²) in [5.41, 5.74) is 4.03. The van der Waals surface area contributed by atoms with E-state index in [1.165, 1.54) is 12.3 Å². The van der Waals surface area contributed by atoms with Crippen molar-refractivity contribution in [3.05, 3.63) is 64.7 Å². The van der Waals surface area contributed by atoms with Gasteiger partial charge in [0.25, 0.3) is 5.91 Å². The Kier molecular flexibility index (Phi) is 4.95. The van der Waals surface area contributed by atoms with Gasteiger partial charge in [0.15, 0.2) is 0 Å². The summed E-state index contributed by atoms with van der Waals surface area (Å²) in [5, 5.41) is 2.87. The highest BCUT2D eigenvalue weighted by molar-refractivity contribution is 6.05. The second-order valence-corrected chi connectivity index (χ2v) is 10.6. The predicted molar refractivity (Wildman–Crippen MR) is 130 cm³/mol. The second kappa shape index (κ2) is 8.14. The minimum Gasteiger partial charge on any atom is -0.492 e. The van der Waals surface area contributed by atoms with Crippen molar-refractivity contribution >= 4 is 28.7 Å². The topological polar surface area (TPSA) is 92.1 Å². The summed E-state index contributed by atoms with van der Waals surface area (Å²) in [5.74, 6) is -0.380. The van der Waals surface area contributed by atoms with Crippen LogP contribution in [-0.4, -0.2) is 53.3 Å². The summed E-state index contributed by atoms with van der Waals surface area (Å²) < 4.78 is 25.9. The Hall–Kier alpha value is -3.72. The molecule has 0 bridgehead atoms. The fourth-order valence-corrected chi connectivity index (χ4v) is 6.49. The first-order valence-electron chi connectivity index (χ1n) is 12.7. The number of fused-ring (bicyclic) bond motifs is 5. The van der Waals surface area contributed by atoms with Crippen molar-refractivity contribution in [1.82, 2.24) is 15.1 Å². The lowest BCUT2D eigenvalue weighted by molar-refractivity contribution is -0.136. The highest BCUT2D eigenvalue weighted by Gasteiger charge is 2.47. The van der Waals surface area contributed by atoms with Gasteiger partial charge in [0.05, 0.1) is 24.8 Å². The molecule has 9 heteroatoms. The van der Waals surface area contributed by atoms with Gasteiger partial charge in [0.2, 0.25) is 11.8 Å². The average molecular weight is 504 g/mol. The van der Waals surface area contributed by atoms with E-state index in [0.717, 1.165) is 48.4 Å². The number of ether oxygens (including phenoxy) is 1. The van der Waals surface area contributed by atoms with Crippen LogP contribution in [0.3, 0.4) is 0 Å². The summed E-state index contributed by atoms with van der Waals surface area (Å²) in [4.78, 5) is 41.1. The van der Waals surface area contributed by atoms with Gasteiger partial charge in [0.1, 0.15) is 23.2 Å². The molecule has 3 amide bonds. The fraction of sp³-hybridized carbons (Fsp3) is 0.393. The number of hydrogen-bond donors (Lipinski definition) is 1. The third-order valence-electron chi connectivity index (χ3n) is 8.58. The number of imide groups is 1. The van der Waals surface area contributed by atoms with E-state index in [9.17, 15) is 18.8 Å². The van der Waals surface area contributed by atoms with Crippen LogP contribution in [0.4, 0.5) is 4.39 Å². The molecule has 2 aromatic carbocycles. The normalized spacial score (nSPS) is 22.9. The number of rotatable bonds is 3. The number of likely N-dealkylation sites (tertiary alicyclic amines) is 1. The molecule has 4 aliphatic rings. The number of amides is 3. The number of hydrogen-bond acceptors (Lipinski definition) is 6. The Morgan fingerprint density at radius 2 is 1.92 bits per heavy atom. The van der Waals surface area contributed by atoms with Crippen molar-refractivity contribution in [2.24, 2.45) is 0 Å². The molecule has 2 fully saturated rings. The molecule has 0 radical (unpaired) electrons. The zero-order valence-corrected chi connectivity index (χ0v) is 20.2. The minimum absolute atomic E-state index is 0.116. The van der Waals surface area contributed by atoms with E-state index in [0.29, 0.717) is 42.6 Å². The Labute approximate surface area is 212 Å². The summed E-state index contributed by atoms with van der Waals surface area (Å²) >= 11 is 0. The molecule has 1 unspecified atom stereocenters. The molecule has 1 aromatic heterocycles. The van der Waals surface area contributed by atoms with Crippen molar-refractivity contribution in [1.29, 1.82) is 0 Å². The Morgan fingerprint density at radius 3 is 2.73 bits per heavy atom. The molecule has 0 saturated carbocycles. The van der Waals surface area contributed by atoms with Gasteiger partial charge in [-0.25, -0.2) is 4.39 Å². The number of nitrogens with one attached hydrogen (secondary N) is 1. The number of furan rings is 1. The number of halogens is 1. The molecular weight excluding hydrogens is 477 g/mol. The minimum atomic E-state index is -0.640. The Morgan fingerprint density at radius 1 is 1.08 bits per heavy atom. The van der Waals surface area contributed by atoms with E-state index in [-0.39, 0.29) is 29.5 Å². The van der Waals surface area contributed by atoms with Crippen LogP contribution in [-0.2, 0) is 28.1 Å². The summed E-state index contributed by atoms with van der Waals surface area (Å²) in [6, 6.07) is 8.22. The second-order valence-electron chi connectivity index (χ2n) is 10.6. The molecular formula is C28H26FN3O5. The van der Waals surface area contributed by atoms with Crippen molar-refractivity contribution < 1.29 is 27.9 Å². The molecule has 1 spiro atoms. The van der Waals surface area contributed by atoms with Crippen LogP contribution in [0.25, 0.3) is 11.0 Å². The molecule has 37 heavy (non-hydrogen) atoms. The first kappa shape index (κ1) is 22.5. The fourth-order valence-electron chi connectivity index (χ4n) is 6.49. The van der Waals surface area contributed by atoms with Crippen molar-refractivity contribution in [3.63, 3.8) is 0 Å². The maximum atomic E-state index is 14.1. The lowest BCUT2D eigenvalue weighted by Crippen LogP contribution is -2.52. The van der Waals surface area contributed by atoms with Crippen molar-refractivity contribution in [3.8, 4) is 5.75 Å². The SMILES string of the molecule is O=C1CCC(N2Cc3c(ccc4c3OCC43CCN(Cc4ccc(F)c5ccoc45)CC3)C2=O)C(=O)N1. The molecule has 7 rings (SSSR count).